The molecule has 56 heavy (non-hydrogen) atoms. The highest BCUT2D eigenvalue weighted by molar-refractivity contribution is 6.38. The van der Waals surface area contributed by atoms with E-state index in [9.17, 15) is 28.8 Å². The summed E-state index contributed by atoms with van der Waals surface area (Å²) in [5, 5.41) is 15.8. The van der Waals surface area contributed by atoms with Crippen molar-refractivity contribution in [2.45, 2.75) is 134 Å². The number of Topliss-reactive ketones (excluding diaryl/α,β-unsaturated/α-hetero) is 1. The maximum absolute atomic E-state index is 15.0. The monoisotopic (exact) mass is 770 g/mol. The van der Waals surface area contributed by atoms with Gasteiger partial charge in [0.05, 0.1) is 24.5 Å². The molecule has 300 valence electrons. The molecule has 3 heterocycles. The summed E-state index contributed by atoms with van der Waals surface area (Å²) in [6.07, 6.45) is 11.2. The van der Waals surface area contributed by atoms with E-state index in [0.29, 0.717) is 18.6 Å². The summed E-state index contributed by atoms with van der Waals surface area (Å²) in [6.45, 7) is 7.30. The molecular weight excluding hydrogens is 716 g/mol. The van der Waals surface area contributed by atoms with Gasteiger partial charge in [0.2, 0.25) is 23.5 Å². The van der Waals surface area contributed by atoms with E-state index in [1.165, 1.54) is 23.5 Å². The van der Waals surface area contributed by atoms with E-state index in [1.54, 1.807) is 0 Å². The van der Waals surface area contributed by atoms with E-state index in [2.05, 4.69) is 36.4 Å². The fourth-order valence-corrected chi connectivity index (χ4v) is 7.93. The first kappa shape index (κ1) is 40.5. The summed E-state index contributed by atoms with van der Waals surface area (Å²) >= 11 is 0. The summed E-state index contributed by atoms with van der Waals surface area (Å²) in [5.74, 6) is -3.83. The van der Waals surface area contributed by atoms with Crippen molar-refractivity contribution in [2.24, 2.45) is 16.5 Å². The molecule has 5 atom stereocenters. The number of likely N-dealkylation sites (tertiary alicyclic amines) is 1. The van der Waals surface area contributed by atoms with Crippen molar-refractivity contribution in [2.75, 3.05) is 6.54 Å². The van der Waals surface area contributed by atoms with Crippen LogP contribution in [0.1, 0.15) is 114 Å². The van der Waals surface area contributed by atoms with E-state index in [0.717, 1.165) is 50.5 Å². The van der Waals surface area contributed by atoms with Crippen LogP contribution in [0.3, 0.4) is 0 Å². The Bertz CT molecular complexity index is 1810. The predicted octanol–water partition coefficient (Wildman–Crippen LogP) is 2.98. The van der Waals surface area contributed by atoms with Crippen LogP contribution in [0, 0.1) is 11.3 Å². The third-order valence-electron chi connectivity index (χ3n) is 11.2. The van der Waals surface area contributed by atoms with Crippen LogP contribution in [-0.2, 0) is 28.8 Å². The lowest BCUT2D eigenvalue weighted by atomic mass is 9.82. The number of hydrogen-bond acceptors (Lipinski definition) is 10. The normalized spacial score (nSPS) is 22.6. The van der Waals surface area contributed by atoms with E-state index >= 15 is 0 Å². The van der Waals surface area contributed by atoms with Gasteiger partial charge in [-0.15, -0.1) is 0 Å². The molecule has 0 radical (unpaired) electrons. The number of ketones is 1. The molecule has 15 heteroatoms. The third kappa shape index (κ3) is 9.59. The lowest BCUT2D eigenvalue weighted by molar-refractivity contribution is -0.145. The average Bonchev–Trinajstić information content (AvgIpc) is 3.79. The Hall–Kier alpha value is -5.21. The smallest absolute Gasteiger partial charge is 0.289 e. The molecule has 2 aromatic rings. The van der Waals surface area contributed by atoms with Gasteiger partial charge in [0.25, 0.3) is 11.8 Å². The van der Waals surface area contributed by atoms with Crippen LogP contribution in [0.25, 0.3) is 0 Å². The van der Waals surface area contributed by atoms with Crippen LogP contribution in [0.2, 0.25) is 0 Å². The van der Waals surface area contributed by atoms with Gasteiger partial charge in [0, 0.05) is 31.3 Å². The zero-order chi connectivity index (χ0) is 40.0. The minimum Gasteiger partial charge on any atom is -0.387 e. The SMILES string of the molecule is CCC[C@H](NC(=O)[C@@H]1C[C@@]2(CC(c3ccccc3)=NO2)CN1C(=O)[C@@H](NC(=O)[C@@H](NC(=O)c1cnccn1)C1CCCCC1)C(C)(C)C)C(=O)C(=O)NC1CC1. The van der Waals surface area contributed by atoms with Crippen molar-refractivity contribution in [3.05, 3.63) is 60.2 Å². The number of carbonyl (C=O) groups excluding carboxylic acids is 6. The van der Waals surface area contributed by atoms with Crippen molar-refractivity contribution in [1.82, 2.24) is 36.1 Å². The van der Waals surface area contributed by atoms with Crippen LogP contribution in [0.4, 0.5) is 0 Å². The first-order valence-electron chi connectivity index (χ1n) is 19.9. The highest BCUT2D eigenvalue weighted by atomic mass is 16.7. The zero-order valence-corrected chi connectivity index (χ0v) is 32.7. The fourth-order valence-electron chi connectivity index (χ4n) is 7.93. The number of benzene rings is 1. The van der Waals surface area contributed by atoms with Gasteiger partial charge in [-0.05, 0) is 49.0 Å². The topological polar surface area (TPSA) is 201 Å². The second-order valence-electron chi connectivity index (χ2n) is 16.8. The van der Waals surface area contributed by atoms with E-state index in [4.69, 9.17) is 4.84 Å². The van der Waals surface area contributed by atoms with E-state index < -0.39 is 70.5 Å². The molecule has 4 aliphatic rings. The van der Waals surface area contributed by atoms with E-state index in [-0.39, 0.29) is 37.0 Å². The Morgan fingerprint density at radius 1 is 0.946 bits per heavy atom. The van der Waals surface area contributed by atoms with Crippen LogP contribution in [0.15, 0.2) is 54.1 Å². The van der Waals surface area contributed by atoms with Gasteiger partial charge >= 0.3 is 0 Å². The summed E-state index contributed by atoms with van der Waals surface area (Å²) in [6, 6.07) is 5.18. The Morgan fingerprint density at radius 3 is 2.32 bits per heavy atom. The number of hydrogen-bond donors (Lipinski definition) is 4. The van der Waals surface area contributed by atoms with Gasteiger partial charge in [-0.2, -0.15) is 0 Å². The molecule has 1 aromatic heterocycles. The highest BCUT2D eigenvalue weighted by Gasteiger charge is 2.56. The quantitative estimate of drug-likeness (QED) is 0.209. The minimum absolute atomic E-state index is 0.0176. The molecule has 1 spiro atoms. The molecule has 2 aliphatic carbocycles. The van der Waals surface area contributed by atoms with Crippen molar-refractivity contribution in [1.29, 1.82) is 0 Å². The number of rotatable bonds is 14. The number of carbonyl (C=O) groups is 6. The molecule has 4 N–H and O–H groups in total. The summed E-state index contributed by atoms with van der Waals surface area (Å²) < 4.78 is 0. The molecule has 0 bridgehead atoms. The van der Waals surface area contributed by atoms with Crippen LogP contribution >= 0.6 is 0 Å². The lowest BCUT2D eigenvalue weighted by Crippen LogP contribution is -2.62. The van der Waals surface area contributed by atoms with Crippen molar-refractivity contribution in [3.63, 3.8) is 0 Å². The van der Waals surface area contributed by atoms with Crippen molar-refractivity contribution >= 4 is 41.0 Å². The van der Waals surface area contributed by atoms with Crippen LogP contribution in [0.5, 0.6) is 0 Å². The molecule has 15 nitrogen and oxygen atoms in total. The molecule has 1 aromatic carbocycles. The molecule has 6 rings (SSSR count). The minimum atomic E-state index is -1.13. The number of aromatic nitrogens is 2. The first-order valence-corrected chi connectivity index (χ1v) is 19.9. The number of nitrogens with zero attached hydrogens (tertiary/aromatic N) is 4. The van der Waals surface area contributed by atoms with Gasteiger partial charge in [-0.3, -0.25) is 33.8 Å². The van der Waals surface area contributed by atoms with Gasteiger partial charge < -0.3 is 31.0 Å². The summed E-state index contributed by atoms with van der Waals surface area (Å²) in [4.78, 5) is 98.7. The van der Waals surface area contributed by atoms with Crippen molar-refractivity contribution in [3.8, 4) is 0 Å². The molecular formula is C41H54N8O7. The number of nitrogens with one attached hydrogen (secondary N) is 4. The molecule has 3 fully saturated rings. The van der Waals surface area contributed by atoms with Crippen molar-refractivity contribution < 1.29 is 33.6 Å². The Labute approximate surface area is 327 Å². The maximum atomic E-state index is 15.0. The number of oxime groups is 1. The molecule has 5 amide bonds. The van der Waals surface area contributed by atoms with Crippen LogP contribution in [-0.4, -0.2) is 98.3 Å². The molecule has 0 unspecified atom stereocenters. The molecule has 2 aliphatic heterocycles. The molecule has 2 saturated carbocycles. The first-order chi connectivity index (χ1) is 26.8. The standard InChI is InChI=1S/C41H54N8O7/c1-5-12-28(33(50)38(54)44-27-17-18-27)45-36(52)31-22-41(21-29(48-56-41)25-13-8-6-9-14-25)24-49(31)39(55)34(40(2,3)4)47-37(53)32(26-15-10-7-11-16-26)46-35(51)30-23-42-19-20-43-30/h6,8-9,13-14,19-20,23,26-28,31-32,34H,5,7,10-12,15-18,21-22,24H2,1-4H3,(H,44,54)(H,45,52)(H,46,51)(H,47,53)/t28-,31-,32-,34+,41-/m0/s1. The number of amides is 5. The Balaban J connectivity index is 1.27. The Morgan fingerprint density at radius 2 is 1.68 bits per heavy atom. The van der Waals surface area contributed by atoms with Gasteiger partial charge in [0.15, 0.2) is 5.60 Å². The second-order valence-corrected chi connectivity index (χ2v) is 16.8. The highest BCUT2D eigenvalue weighted by Crippen LogP contribution is 2.40. The average molecular weight is 771 g/mol. The third-order valence-corrected chi connectivity index (χ3v) is 11.2. The lowest BCUT2D eigenvalue weighted by Gasteiger charge is -2.37. The van der Waals surface area contributed by atoms with Gasteiger partial charge in [-0.1, -0.05) is 88.9 Å². The van der Waals surface area contributed by atoms with E-state index in [1.807, 2.05) is 58.0 Å². The zero-order valence-electron chi connectivity index (χ0n) is 32.7. The van der Waals surface area contributed by atoms with Gasteiger partial charge in [0.1, 0.15) is 23.8 Å². The predicted molar refractivity (Wildman–Crippen MR) is 206 cm³/mol. The summed E-state index contributed by atoms with van der Waals surface area (Å²) in [5.41, 5.74) is -0.316. The second kappa shape index (κ2) is 17.3. The largest absolute Gasteiger partial charge is 0.387 e. The van der Waals surface area contributed by atoms with Gasteiger partial charge in [-0.25, -0.2) is 4.98 Å². The van der Waals surface area contributed by atoms with Crippen LogP contribution < -0.4 is 21.3 Å². The molecule has 1 saturated heterocycles. The maximum Gasteiger partial charge on any atom is 0.289 e. The summed E-state index contributed by atoms with van der Waals surface area (Å²) in [7, 11) is 0. The Kier molecular flexibility index (Phi) is 12.5. The fraction of sp³-hybridized carbons (Fsp3) is 0.585.